The first-order chi connectivity index (χ1) is 18.5. The first-order valence-corrected chi connectivity index (χ1v) is 13.6. The Kier molecular flexibility index (Phi) is 5.73. The number of carbonyl (C=O) groups is 3. The quantitative estimate of drug-likeness (QED) is 0.418. The van der Waals surface area contributed by atoms with Crippen molar-refractivity contribution in [2.45, 2.75) is 84.1 Å². The molecule has 1 saturated heterocycles. The van der Waals surface area contributed by atoms with Gasteiger partial charge in [-0.25, -0.2) is 13.9 Å². The van der Waals surface area contributed by atoms with Gasteiger partial charge in [0.05, 0.1) is 23.7 Å². The molecule has 204 valence electrons. The summed E-state index contributed by atoms with van der Waals surface area (Å²) in [6.07, 6.45) is 7.75. The number of allylic oxidation sites excluding steroid dienone is 1. The summed E-state index contributed by atoms with van der Waals surface area (Å²) in [7, 11) is 0. The lowest BCUT2D eigenvalue weighted by Gasteiger charge is -2.53. The molecule has 1 aromatic carbocycles. The van der Waals surface area contributed by atoms with Crippen LogP contribution in [0.1, 0.15) is 65.1 Å². The Morgan fingerprint density at radius 1 is 1.03 bits per heavy atom. The molecule has 2 atom stereocenters. The van der Waals surface area contributed by atoms with Crippen LogP contribution in [-0.2, 0) is 20.7 Å². The average Bonchev–Trinajstić information content (AvgIpc) is 3.28. The molecule has 1 spiro atoms. The Hall–Kier alpha value is -3.59. The summed E-state index contributed by atoms with van der Waals surface area (Å²) < 4.78 is 21.9. The lowest BCUT2D eigenvalue weighted by atomic mass is 9.60. The normalized spacial score (nSPS) is 26.1. The molecule has 3 heterocycles. The van der Waals surface area contributed by atoms with Crippen molar-refractivity contribution in [2.24, 2.45) is 5.41 Å². The number of aromatic nitrogens is 2. The number of barbiturate groups is 1. The first-order valence-electron chi connectivity index (χ1n) is 13.6. The zero-order chi connectivity index (χ0) is 27.9. The summed E-state index contributed by atoms with van der Waals surface area (Å²) in [5, 5.41) is 4.60. The number of halogens is 1. The fourth-order valence-electron chi connectivity index (χ4n) is 6.70. The minimum Gasteiger partial charge on any atom is -0.348 e. The highest BCUT2D eigenvalue weighted by Crippen LogP contribution is 2.54. The van der Waals surface area contributed by atoms with E-state index in [1.54, 1.807) is 39.8 Å². The molecule has 6 rings (SSSR count). The fourth-order valence-corrected chi connectivity index (χ4v) is 6.70. The van der Waals surface area contributed by atoms with Gasteiger partial charge in [0, 0.05) is 23.9 Å². The van der Waals surface area contributed by atoms with E-state index in [-0.39, 0.29) is 17.7 Å². The summed E-state index contributed by atoms with van der Waals surface area (Å²) in [6.45, 7) is 9.27. The van der Waals surface area contributed by atoms with Gasteiger partial charge in [-0.05, 0) is 88.4 Å². The van der Waals surface area contributed by atoms with Crippen molar-refractivity contribution < 1.29 is 23.5 Å². The van der Waals surface area contributed by atoms with E-state index in [0.29, 0.717) is 12.8 Å². The highest BCUT2D eigenvalue weighted by molar-refractivity contribution is 6.22. The Morgan fingerprint density at radius 2 is 1.67 bits per heavy atom. The van der Waals surface area contributed by atoms with Crippen LogP contribution < -0.4 is 0 Å². The number of fused-ring (bicyclic) bond motifs is 4. The molecule has 0 unspecified atom stereocenters. The van der Waals surface area contributed by atoms with E-state index in [9.17, 15) is 18.8 Å². The monoisotopic (exact) mass is 532 g/mol. The average molecular weight is 533 g/mol. The van der Waals surface area contributed by atoms with Gasteiger partial charge >= 0.3 is 6.03 Å². The van der Waals surface area contributed by atoms with Crippen molar-refractivity contribution in [2.75, 3.05) is 0 Å². The van der Waals surface area contributed by atoms with Crippen molar-refractivity contribution in [1.29, 1.82) is 0 Å². The van der Waals surface area contributed by atoms with E-state index in [4.69, 9.17) is 4.74 Å². The smallest absolute Gasteiger partial charge is 0.334 e. The Bertz CT molecular complexity index is 1420. The number of carbonyl (C=O) groups excluding carboxylic acids is 3. The van der Waals surface area contributed by atoms with Crippen LogP contribution >= 0.6 is 0 Å². The van der Waals surface area contributed by atoms with Crippen LogP contribution in [0.5, 0.6) is 0 Å². The summed E-state index contributed by atoms with van der Waals surface area (Å²) >= 11 is 0. The SMILES string of the molecule is CC(C)N1C(=O)N(C(C)C)C(=O)C2(CC=C3[C@H](CCC4=Cc5c(cnn5-c5ccc(F)cc5)C[C@@]43C)O2)C1=O. The maximum absolute atomic E-state index is 13.7. The summed E-state index contributed by atoms with van der Waals surface area (Å²) in [5.74, 6) is -1.44. The molecule has 0 radical (unpaired) electrons. The number of benzene rings is 1. The van der Waals surface area contributed by atoms with Gasteiger partial charge in [0.2, 0.25) is 5.60 Å². The third-order valence-electron chi connectivity index (χ3n) is 8.71. The van der Waals surface area contributed by atoms with Crippen LogP contribution in [0.15, 0.2) is 47.7 Å². The molecular formula is C30H33FN4O4. The number of urea groups is 1. The third kappa shape index (κ3) is 3.58. The number of amides is 4. The molecule has 2 aromatic rings. The molecular weight excluding hydrogens is 499 g/mol. The van der Waals surface area contributed by atoms with E-state index in [1.807, 2.05) is 17.0 Å². The largest absolute Gasteiger partial charge is 0.348 e. The first kappa shape index (κ1) is 25.7. The summed E-state index contributed by atoms with van der Waals surface area (Å²) in [6, 6.07) is 4.89. The van der Waals surface area contributed by atoms with Gasteiger partial charge in [0.15, 0.2) is 0 Å². The van der Waals surface area contributed by atoms with Gasteiger partial charge in [0.25, 0.3) is 11.8 Å². The molecule has 0 N–H and O–H groups in total. The Labute approximate surface area is 227 Å². The summed E-state index contributed by atoms with van der Waals surface area (Å²) in [5.41, 5.74) is 3.07. The predicted molar refractivity (Wildman–Crippen MR) is 142 cm³/mol. The summed E-state index contributed by atoms with van der Waals surface area (Å²) in [4.78, 5) is 43.0. The minimum atomic E-state index is -1.73. The molecule has 0 bridgehead atoms. The standard InChI is InChI=1S/C30H33FN4O4/c1-17(2)33-26(36)30(27(37)34(18(3)4)28(33)38)13-12-23-25(39-30)11-6-20-14-24-19(15-29(20,23)5)16-32-35(24)22-9-7-21(31)8-10-22/h7-10,12,14,16-18,25H,6,11,13,15H2,1-5H3/t25-,29-/m0/s1. The number of nitrogens with zero attached hydrogens (tertiary/aromatic N) is 4. The van der Waals surface area contributed by atoms with E-state index >= 15 is 0 Å². The zero-order valence-corrected chi connectivity index (χ0v) is 22.9. The Morgan fingerprint density at radius 3 is 2.28 bits per heavy atom. The van der Waals surface area contributed by atoms with E-state index in [2.05, 4.69) is 18.1 Å². The van der Waals surface area contributed by atoms with Crippen LogP contribution in [0.4, 0.5) is 9.18 Å². The molecule has 2 aliphatic carbocycles. The van der Waals surface area contributed by atoms with E-state index in [0.717, 1.165) is 28.9 Å². The van der Waals surface area contributed by atoms with Crippen LogP contribution in [0.2, 0.25) is 0 Å². The number of hydrogen-bond acceptors (Lipinski definition) is 5. The topological polar surface area (TPSA) is 84.7 Å². The number of rotatable bonds is 3. The van der Waals surface area contributed by atoms with E-state index < -0.39 is 41.6 Å². The molecule has 39 heavy (non-hydrogen) atoms. The lowest BCUT2D eigenvalue weighted by molar-refractivity contribution is -0.187. The molecule has 4 aliphatic rings. The van der Waals surface area contributed by atoms with Gasteiger partial charge in [0.1, 0.15) is 5.82 Å². The lowest BCUT2D eigenvalue weighted by Crippen LogP contribution is -2.73. The maximum Gasteiger partial charge on any atom is 0.334 e. The molecule has 4 amide bonds. The van der Waals surface area contributed by atoms with Gasteiger partial charge < -0.3 is 4.74 Å². The molecule has 9 heteroatoms. The van der Waals surface area contributed by atoms with Crippen molar-refractivity contribution in [3.05, 3.63) is 64.8 Å². The fraction of sp³-hybridized carbons (Fsp3) is 0.467. The third-order valence-corrected chi connectivity index (χ3v) is 8.71. The molecule has 2 aliphatic heterocycles. The minimum absolute atomic E-state index is 0.0841. The highest BCUT2D eigenvalue weighted by Gasteiger charge is 2.62. The van der Waals surface area contributed by atoms with Crippen molar-refractivity contribution >= 4 is 23.9 Å². The van der Waals surface area contributed by atoms with Crippen LogP contribution in [0, 0.1) is 11.2 Å². The van der Waals surface area contributed by atoms with Crippen LogP contribution in [0.25, 0.3) is 11.8 Å². The highest BCUT2D eigenvalue weighted by atomic mass is 19.1. The second-order valence-corrected chi connectivity index (χ2v) is 11.8. The Balaban J connectivity index is 1.37. The molecule has 1 saturated carbocycles. The van der Waals surface area contributed by atoms with Gasteiger partial charge in [-0.3, -0.25) is 19.4 Å². The van der Waals surface area contributed by atoms with Crippen molar-refractivity contribution in [1.82, 2.24) is 19.6 Å². The second-order valence-electron chi connectivity index (χ2n) is 11.8. The molecule has 8 nitrogen and oxygen atoms in total. The van der Waals surface area contributed by atoms with Crippen molar-refractivity contribution in [3.8, 4) is 5.69 Å². The predicted octanol–water partition coefficient (Wildman–Crippen LogP) is 4.81. The van der Waals surface area contributed by atoms with E-state index in [1.165, 1.54) is 27.5 Å². The van der Waals surface area contributed by atoms with Crippen LogP contribution in [-0.4, -0.2) is 61.2 Å². The number of hydrogen-bond donors (Lipinski definition) is 0. The molecule has 1 aromatic heterocycles. The second kappa shape index (κ2) is 8.71. The molecule has 2 fully saturated rings. The number of ether oxygens (including phenoxy) is 1. The number of imide groups is 2. The van der Waals surface area contributed by atoms with Crippen LogP contribution in [0.3, 0.4) is 0 Å². The van der Waals surface area contributed by atoms with Crippen molar-refractivity contribution in [3.63, 3.8) is 0 Å². The van der Waals surface area contributed by atoms with Gasteiger partial charge in [-0.2, -0.15) is 5.10 Å². The van der Waals surface area contributed by atoms with Gasteiger partial charge in [-0.15, -0.1) is 0 Å². The zero-order valence-electron chi connectivity index (χ0n) is 22.9. The van der Waals surface area contributed by atoms with Gasteiger partial charge in [-0.1, -0.05) is 18.6 Å². The maximum atomic E-state index is 13.7.